The van der Waals surface area contributed by atoms with Gasteiger partial charge in [-0.2, -0.15) is 4.99 Å². The summed E-state index contributed by atoms with van der Waals surface area (Å²) in [7, 11) is 1.58. The van der Waals surface area contributed by atoms with Crippen molar-refractivity contribution in [2.75, 3.05) is 18.6 Å². The van der Waals surface area contributed by atoms with Gasteiger partial charge in [0.25, 0.3) is 0 Å². The number of anilines is 2. The Morgan fingerprint density at radius 2 is 1.66 bits per heavy atom. The van der Waals surface area contributed by atoms with Crippen LogP contribution in [0.1, 0.15) is 26.4 Å². The number of carbonyl (C=O) groups is 2. The molecule has 0 saturated heterocycles. The molecule has 0 aliphatic heterocycles. The van der Waals surface area contributed by atoms with Gasteiger partial charge in [-0.3, -0.25) is 9.59 Å². The first-order valence-corrected chi connectivity index (χ1v) is 9.80. The molecule has 14 heteroatoms. The molecule has 1 heterocycles. The fraction of sp³-hybridized carbons (Fsp3) is 0.0952. The predicted molar refractivity (Wildman–Crippen MR) is 134 cm³/mol. The second-order valence-corrected chi connectivity index (χ2v) is 6.98. The van der Waals surface area contributed by atoms with Crippen molar-refractivity contribution in [3.05, 3.63) is 64.4 Å². The number of phenolic OH excluding ortho intramolecular Hbond substituents is 2. The van der Waals surface area contributed by atoms with E-state index < -0.39 is 11.9 Å². The van der Waals surface area contributed by atoms with E-state index in [9.17, 15) is 19.8 Å². The van der Waals surface area contributed by atoms with Crippen molar-refractivity contribution >= 4 is 53.3 Å². The largest absolute Gasteiger partial charge is 0.508 e. The molecule has 3 rings (SSSR count). The molecule has 1 amide bonds. The summed E-state index contributed by atoms with van der Waals surface area (Å²) in [5.74, 6) is -1.26. The van der Waals surface area contributed by atoms with E-state index in [2.05, 4.69) is 15.0 Å². The number of nitrogens with two attached hydrogens (primary N) is 4. The summed E-state index contributed by atoms with van der Waals surface area (Å²) < 4.78 is 5.04. The third-order valence-electron chi connectivity index (χ3n) is 4.14. The highest BCUT2D eigenvalue weighted by Crippen LogP contribution is 2.24. The van der Waals surface area contributed by atoms with E-state index in [4.69, 9.17) is 39.3 Å². The van der Waals surface area contributed by atoms with Crippen LogP contribution < -0.4 is 27.7 Å². The van der Waals surface area contributed by atoms with Gasteiger partial charge >= 0.3 is 5.91 Å². The van der Waals surface area contributed by atoms with Gasteiger partial charge in [0.15, 0.2) is 34.2 Å². The van der Waals surface area contributed by atoms with Crippen LogP contribution in [0.2, 0.25) is 5.15 Å². The topological polar surface area (TPSA) is 226 Å². The van der Waals surface area contributed by atoms with Crippen molar-refractivity contribution in [1.82, 2.24) is 9.97 Å². The zero-order valence-electron chi connectivity index (χ0n) is 18.3. The van der Waals surface area contributed by atoms with E-state index in [1.165, 1.54) is 12.1 Å². The van der Waals surface area contributed by atoms with Gasteiger partial charge in [0.2, 0.25) is 0 Å². The lowest BCUT2D eigenvalue weighted by Gasteiger charge is -2.05. The Labute approximate surface area is 211 Å². The molecule has 0 saturated carbocycles. The van der Waals surface area contributed by atoms with Crippen molar-refractivity contribution in [2.24, 2.45) is 16.5 Å². The number of aliphatic imine (C=N–C) groups is 1. The molecule has 0 aliphatic rings. The van der Waals surface area contributed by atoms with Crippen LogP contribution in [0.5, 0.6) is 17.2 Å². The summed E-state index contributed by atoms with van der Waals surface area (Å²) in [6, 6.07) is 11.1. The summed E-state index contributed by atoms with van der Waals surface area (Å²) in [4.78, 5) is 33.8. The minimum absolute atomic E-state index is 0. The fourth-order valence-corrected chi connectivity index (χ4v) is 2.68. The Hall–Kier alpha value is -4.29. The Kier molecular flexibility index (Phi) is 10.5. The second-order valence-electron chi connectivity index (χ2n) is 6.62. The fourth-order valence-electron chi connectivity index (χ4n) is 2.55. The van der Waals surface area contributed by atoms with E-state index in [1.807, 2.05) is 0 Å². The zero-order valence-corrected chi connectivity index (χ0v) is 19.9. The van der Waals surface area contributed by atoms with Crippen LogP contribution in [-0.4, -0.2) is 44.9 Å². The number of aromatic hydroxyl groups is 2. The number of aromatic nitrogens is 2. The predicted octanol–water partition coefficient (Wildman–Crippen LogP) is 1.66. The molecule has 1 aromatic heterocycles. The van der Waals surface area contributed by atoms with Crippen LogP contribution in [0.4, 0.5) is 11.6 Å². The number of ketones is 1. The number of carbonyl (C=O) groups excluding carboxylic acids is 2. The van der Waals surface area contributed by atoms with E-state index in [0.717, 1.165) is 17.4 Å². The van der Waals surface area contributed by atoms with Crippen LogP contribution in [0, 0.1) is 0 Å². The van der Waals surface area contributed by atoms with Gasteiger partial charge in [0.05, 0.1) is 12.7 Å². The summed E-state index contributed by atoms with van der Waals surface area (Å²) in [6.07, 6.45) is 0.183. The third-order valence-corrected chi connectivity index (χ3v) is 4.42. The number of halogens is 2. The van der Waals surface area contributed by atoms with Crippen molar-refractivity contribution in [3.8, 4) is 17.2 Å². The number of rotatable bonds is 5. The maximum Gasteiger partial charge on any atom is 0.302 e. The highest BCUT2D eigenvalue weighted by Gasteiger charge is 2.15. The first-order chi connectivity index (χ1) is 16.0. The summed E-state index contributed by atoms with van der Waals surface area (Å²) in [5, 5.41) is 18.7. The van der Waals surface area contributed by atoms with Crippen molar-refractivity contribution in [3.63, 3.8) is 0 Å². The minimum Gasteiger partial charge on any atom is -0.508 e. The number of ether oxygens (including phenoxy) is 1. The number of hydrogen-bond acceptors (Lipinski definition) is 9. The number of hydrogen-bond donors (Lipinski definition) is 6. The Bertz CT molecular complexity index is 1230. The van der Waals surface area contributed by atoms with E-state index in [0.29, 0.717) is 0 Å². The van der Waals surface area contributed by atoms with Crippen LogP contribution in [0.15, 0.2) is 47.5 Å². The summed E-state index contributed by atoms with van der Waals surface area (Å²) >= 11 is 5.55. The molecule has 12 nitrogen and oxygen atoms in total. The van der Waals surface area contributed by atoms with Crippen LogP contribution in [-0.2, 0) is 6.42 Å². The molecule has 0 spiro atoms. The number of nitrogens with zero attached hydrogens (tertiary/aromatic N) is 3. The second kappa shape index (κ2) is 12.8. The molecular formula is C21H23Cl2N7O5. The number of Topliss-reactive ketones (excluding diaryl/α,β-unsaturated/α-hetero) is 1. The Morgan fingerprint density at radius 1 is 1.03 bits per heavy atom. The Morgan fingerprint density at radius 3 is 2.20 bits per heavy atom. The number of nitrogen functional groups attached to an aromatic ring is 2. The average Bonchev–Trinajstić information content (AvgIpc) is 2.76. The minimum atomic E-state index is -0.832. The molecule has 0 bridgehead atoms. The first kappa shape index (κ1) is 28.7. The van der Waals surface area contributed by atoms with Crippen molar-refractivity contribution in [1.29, 1.82) is 0 Å². The van der Waals surface area contributed by atoms with Gasteiger partial charge < -0.3 is 37.9 Å². The highest BCUT2D eigenvalue weighted by molar-refractivity contribution is 6.31. The van der Waals surface area contributed by atoms with Gasteiger partial charge in [-0.05, 0) is 29.8 Å². The molecule has 0 radical (unpaired) electrons. The molecule has 2 aromatic carbocycles. The monoisotopic (exact) mass is 523 g/mol. The Balaban J connectivity index is 0.000000350. The lowest BCUT2D eigenvalue weighted by atomic mass is 10.0. The van der Waals surface area contributed by atoms with Crippen molar-refractivity contribution in [2.45, 2.75) is 6.42 Å². The maximum absolute atomic E-state index is 12.0. The zero-order chi connectivity index (χ0) is 25.4. The first-order valence-electron chi connectivity index (χ1n) is 9.42. The van der Waals surface area contributed by atoms with E-state index in [-0.39, 0.29) is 64.2 Å². The normalized spacial score (nSPS) is 9.66. The quantitative estimate of drug-likeness (QED) is 0.160. The van der Waals surface area contributed by atoms with Gasteiger partial charge in [-0.1, -0.05) is 23.7 Å². The third kappa shape index (κ3) is 8.21. The summed E-state index contributed by atoms with van der Waals surface area (Å²) in [5.41, 5.74) is 21.5. The SMILES string of the molecule is COc1ccc(CC(=O)c2ccc(O)cc2O)cc1.Cl.NC(N)=NC(=O)c1nc(Cl)c(N)nc1N. The average molecular weight is 524 g/mol. The van der Waals surface area contributed by atoms with Crippen LogP contribution >= 0.6 is 24.0 Å². The van der Waals surface area contributed by atoms with Crippen LogP contribution in [0.25, 0.3) is 0 Å². The smallest absolute Gasteiger partial charge is 0.302 e. The number of phenols is 2. The van der Waals surface area contributed by atoms with Gasteiger partial charge in [0, 0.05) is 12.5 Å². The number of methoxy groups -OCH3 is 1. The summed E-state index contributed by atoms with van der Waals surface area (Å²) in [6.45, 7) is 0. The highest BCUT2D eigenvalue weighted by atomic mass is 35.5. The molecule has 0 aliphatic carbocycles. The molecule has 0 fully saturated rings. The number of guanidine groups is 1. The molecule has 186 valence electrons. The molecule has 35 heavy (non-hydrogen) atoms. The molecule has 0 unspecified atom stereocenters. The molecule has 0 atom stereocenters. The van der Waals surface area contributed by atoms with Gasteiger partial charge in [-0.25, -0.2) is 9.97 Å². The lowest BCUT2D eigenvalue weighted by Crippen LogP contribution is -2.24. The lowest BCUT2D eigenvalue weighted by molar-refractivity contribution is 0.0985. The standard InChI is InChI=1S/C15H14O4.C6H8ClN7O.ClH/c1-19-12-5-2-10(3-6-12)8-14(17)13-7-4-11(16)9-15(13)18;7-2-4(9)13-3(8)1(12-2)5(15)14-6(10)11;/h2-7,9,16,18H,8H2,1H3;(H4,8,9,13)(H4,10,11,14,15);1H. The number of benzene rings is 2. The number of amides is 1. The molecule has 3 aromatic rings. The van der Waals surface area contributed by atoms with Gasteiger partial charge in [-0.15, -0.1) is 12.4 Å². The van der Waals surface area contributed by atoms with Crippen molar-refractivity contribution < 1.29 is 24.5 Å². The van der Waals surface area contributed by atoms with Gasteiger partial charge in [0.1, 0.15) is 17.2 Å². The molecule has 10 N–H and O–H groups in total. The molecular weight excluding hydrogens is 501 g/mol. The van der Waals surface area contributed by atoms with E-state index >= 15 is 0 Å². The maximum atomic E-state index is 12.0. The van der Waals surface area contributed by atoms with Crippen LogP contribution in [0.3, 0.4) is 0 Å². The van der Waals surface area contributed by atoms with E-state index in [1.54, 1.807) is 31.4 Å².